The molecule has 3 atom stereocenters. The van der Waals surface area contributed by atoms with Crippen LogP contribution in [0.5, 0.6) is 0 Å². The number of carboxylic acids is 1. The number of imidazole rings is 2. The van der Waals surface area contributed by atoms with E-state index in [-0.39, 0.29) is 24.7 Å². The van der Waals surface area contributed by atoms with Crippen LogP contribution in [0.15, 0.2) is 36.7 Å². The number of hydrogen-bond acceptors (Lipinski definition) is 8. The standard InChI is InChI=1S/C28H45N9O3/c1-4-13-35(14-5-2)26(9-7-23(29)38)37-22(28(39)40)18-36-17-21(6-8-27(36)37)16-34(19-24-30-10-11-31-24)20-25-32-12-15-33(25)3/h10-12,15,18,21,26-27H,4-9,13-14,16-17,19-20H2,1-3H3,(H2,29,38)(H,30,31)(H,39,40). The van der Waals surface area contributed by atoms with E-state index in [9.17, 15) is 14.7 Å². The molecule has 2 aromatic rings. The minimum atomic E-state index is -0.933. The third-order valence-corrected chi connectivity index (χ3v) is 7.94. The molecule has 220 valence electrons. The van der Waals surface area contributed by atoms with Crippen LogP contribution < -0.4 is 5.73 Å². The fourth-order valence-electron chi connectivity index (χ4n) is 6.21. The Morgan fingerprint density at radius 1 is 1.18 bits per heavy atom. The number of hydrogen-bond donors (Lipinski definition) is 3. The Morgan fingerprint density at radius 3 is 2.55 bits per heavy atom. The number of rotatable bonds is 16. The van der Waals surface area contributed by atoms with Crippen molar-refractivity contribution in [3.05, 3.63) is 48.3 Å². The zero-order chi connectivity index (χ0) is 28.6. The molecule has 2 aliphatic heterocycles. The van der Waals surface area contributed by atoms with Gasteiger partial charge in [-0.1, -0.05) is 13.8 Å². The predicted molar refractivity (Wildman–Crippen MR) is 151 cm³/mol. The van der Waals surface area contributed by atoms with Gasteiger partial charge in [-0.05, 0) is 51.1 Å². The number of piperidine rings is 1. The van der Waals surface area contributed by atoms with Gasteiger partial charge in [-0.15, -0.1) is 0 Å². The molecule has 1 fully saturated rings. The molecule has 0 bridgehead atoms. The average molecular weight is 556 g/mol. The van der Waals surface area contributed by atoms with E-state index < -0.39 is 5.97 Å². The van der Waals surface area contributed by atoms with Gasteiger partial charge < -0.3 is 30.2 Å². The van der Waals surface area contributed by atoms with Crippen LogP contribution in [0, 0.1) is 5.92 Å². The quantitative estimate of drug-likeness (QED) is 0.284. The van der Waals surface area contributed by atoms with Crippen molar-refractivity contribution >= 4 is 11.9 Å². The summed E-state index contributed by atoms with van der Waals surface area (Å²) in [7, 11) is 2.00. The van der Waals surface area contributed by atoms with Gasteiger partial charge in [0.2, 0.25) is 5.91 Å². The highest BCUT2D eigenvalue weighted by molar-refractivity contribution is 5.86. The van der Waals surface area contributed by atoms with Crippen molar-refractivity contribution in [3.8, 4) is 0 Å². The first-order valence-electron chi connectivity index (χ1n) is 14.5. The Morgan fingerprint density at radius 2 is 1.95 bits per heavy atom. The molecule has 0 spiro atoms. The Kier molecular flexibility index (Phi) is 10.2. The molecule has 12 heteroatoms. The first kappa shape index (κ1) is 29.6. The number of nitrogens with one attached hydrogen (secondary N) is 1. The highest BCUT2D eigenvalue weighted by Gasteiger charge is 2.44. The van der Waals surface area contributed by atoms with Gasteiger partial charge in [0.1, 0.15) is 23.5 Å². The van der Waals surface area contributed by atoms with E-state index in [4.69, 9.17) is 5.73 Å². The predicted octanol–water partition coefficient (Wildman–Crippen LogP) is 2.14. The Balaban J connectivity index is 1.52. The summed E-state index contributed by atoms with van der Waals surface area (Å²) in [5.74, 6) is 0.960. The molecule has 4 heterocycles. The molecule has 1 amide bonds. The van der Waals surface area contributed by atoms with E-state index in [0.717, 1.165) is 63.5 Å². The highest BCUT2D eigenvalue weighted by Crippen LogP contribution is 2.36. The van der Waals surface area contributed by atoms with Crippen LogP contribution in [0.25, 0.3) is 0 Å². The van der Waals surface area contributed by atoms with E-state index in [1.165, 1.54) is 0 Å². The summed E-state index contributed by atoms with van der Waals surface area (Å²) < 4.78 is 2.04. The number of H-pyrrole nitrogens is 1. The summed E-state index contributed by atoms with van der Waals surface area (Å²) in [4.78, 5) is 45.4. The number of primary amides is 1. The minimum Gasteiger partial charge on any atom is -0.477 e. The number of aromatic nitrogens is 4. The number of carbonyl (C=O) groups excluding carboxylic acids is 1. The second-order valence-corrected chi connectivity index (χ2v) is 11.0. The van der Waals surface area contributed by atoms with Crippen LogP contribution in [-0.4, -0.2) is 94.6 Å². The minimum absolute atomic E-state index is 0.0514. The average Bonchev–Trinajstić information content (AvgIpc) is 3.65. The zero-order valence-corrected chi connectivity index (χ0v) is 24.1. The van der Waals surface area contributed by atoms with Crippen molar-refractivity contribution in [3.63, 3.8) is 0 Å². The second kappa shape index (κ2) is 13.8. The smallest absolute Gasteiger partial charge is 0.353 e. The van der Waals surface area contributed by atoms with Crippen LogP contribution >= 0.6 is 0 Å². The van der Waals surface area contributed by atoms with Crippen LogP contribution in [0.3, 0.4) is 0 Å². The maximum atomic E-state index is 12.5. The van der Waals surface area contributed by atoms with Gasteiger partial charge in [-0.25, -0.2) is 14.8 Å². The lowest BCUT2D eigenvalue weighted by Crippen LogP contribution is -2.56. The van der Waals surface area contributed by atoms with Gasteiger partial charge in [0.15, 0.2) is 0 Å². The molecule has 4 rings (SSSR count). The molecule has 0 aromatic carbocycles. The Labute approximate surface area is 236 Å². The molecule has 0 saturated carbocycles. The molecule has 12 nitrogen and oxygen atoms in total. The molecule has 3 unspecified atom stereocenters. The van der Waals surface area contributed by atoms with Gasteiger partial charge in [0.05, 0.1) is 19.3 Å². The molecule has 0 radical (unpaired) electrons. The SMILES string of the molecule is CCCN(CCC)C(CCC(N)=O)N1C(C(=O)O)=CN2CC(CN(Cc3ncc[nH]3)Cc3nccn3C)CCC21. The third-order valence-electron chi connectivity index (χ3n) is 7.94. The fourth-order valence-corrected chi connectivity index (χ4v) is 6.21. The van der Waals surface area contributed by atoms with Gasteiger partial charge in [-0.2, -0.15) is 0 Å². The molecule has 2 aliphatic rings. The van der Waals surface area contributed by atoms with Gasteiger partial charge in [0.25, 0.3) is 0 Å². The van der Waals surface area contributed by atoms with Gasteiger partial charge >= 0.3 is 5.97 Å². The maximum Gasteiger partial charge on any atom is 0.353 e. The number of fused-ring (bicyclic) bond motifs is 1. The van der Waals surface area contributed by atoms with Crippen LogP contribution in [-0.2, 0) is 29.7 Å². The summed E-state index contributed by atoms with van der Waals surface area (Å²) in [6.45, 7) is 8.92. The normalized spacial score (nSPS) is 19.8. The monoisotopic (exact) mass is 555 g/mol. The maximum absolute atomic E-state index is 12.5. The van der Waals surface area contributed by atoms with E-state index >= 15 is 0 Å². The molecule has 40 heavy (non-hydrogen) atoms. The van der Waals surface area contributed by atoms with Gasteiger partial charge in [0, 0.05) is 57.5 Å². The van der Waals surface area contributed by atoms with Crippen molar-refractivity contribution in [2.45, 2.75) is 77.8 Å². The number of carboxylic acid groups (broad SMARTS) is 1. The molecular weight excluding hydrogens is 510 g/mol. The molecule has 2 aromatic heterocycles. The van der Waals surface area contributed by atoms with Crippen molar-refractivity contribution < 1.29 is 14.7 Å². The summed E-state index contributed by atoms with van der Waals surface area (Å²) in [5, 5.41) is 10.2. The zero-order valence-electron chi connectivity index (χ0n) is 24.1. The van der Waals surface area contributed by atoms with Gasteiger partial charge in [-0.3, -0.25) is 14.6 Å². The van der Waals surface area contributed by atoms with Crippen LogP contribution in [0.2, 0.25) is 0 Å². The topological polar surface area (TPSA) is 140 Å². The molecule has 1 saturated heterocycles. The molecular formula is C28H45N9O3. The summed E-state index contributed by atoms with van der Waals surface area (Å²) in [6, 6.07) is 0. The highest BCUT2D eigenvalue weighted by atomic mass is 16.4. The van der Waals surface area contributed by atoms with E-state index in [0.29, 0.717) is 31.1 Å². The Bertz CT molecular complexity index is 1130. The lowest BCUT2D eigenvalue weighted by molar-refractivity contribution is -0.136. The Hall–Kier alpha value is -3.38. The summed E-state index contributed by atoms with van der Waals surface area (Å²) in [6.07, 6.45) is 13.4. The first-order chi connectivity index (χ1) is 19.3. The number of aromatic amines is 1. The van der Waals surface area contributed by atoms with Crippen molar-refractivity contribution in [2.75, 3.05) is 26.2 Å². The summed E-state index contributed by atoms with van der Waals surface area (Å²) in [5.41, 5.74) is 5.85. The first-order valence-corrected chi connectivity index (χ1v) is 14.5. The van der Waals surface area contributed by atoms with Crippen LogP contribution in [0.1, 0.15) is 64.0 Å². The largest absolute Gasteiger partial charge is 0.477 e. The third kappa shape index (κ3) is 7.22. The van der Waals surface area contributed by atoms with Crippen LogP contribution in [0.4, 0.5) is 0 Å². The number of nitrogens with two attached hydrogens (primary N) is 1. The number of aryl methyl sites for hydroxylation is 1. The van der Waals surface area contributed by atoms with E-state index in [1.54, 1.807) is 6.20 Å². The number of amides is 1. The van der Waals surface area contributed by atoms with Crippen molar-refractivity contribution in [2.24, 2.45) is 18.7 Å². The number of carbonyl (C=O) groups is 2. The lowest BCUT2D eigenvalue weighted by Gasteiger charge is -2.47. The molecule has 0 aliphatic carbocycles. The second-order valence-electron chi connectivity index (χ2n) is 11.0. The lowest BCUT2D eigenvalue weighted by atomic mass is 9.95. The number of nitrogens with zero attached hydrogens (tertiary/aromatic N) is 7. The van der Waals surface area contributed by atoms with E-state index in [1.807, 2.05) is 36.4 Å². The molecule has 4 N–H and O–H groups in total. The van der Waals surface area contributed by atoms with Crippen molar-refractivity contribution in [1.82, 2.24) is 39.1 Å². The summed E-state index contributed by atoms with van der Waals surface area (Å²) >= 11 is 0. The fraction of sp³-hybridized carbons (Fsp3) is 0.643. The van der Waals surface area contributed by atoms with E-state index in [2.05, 4.69) is 48.4 Å². The number of aliphatic carboxylic acids is 1. The van der Waals surface area contributed by atoms with Crippen molar-refractivity contribution in [1.29, 1.82) is 0 Å².